The van der Waals surface area contributed by atoms with Gasteiger partial charge >= 0.3 is 0 Å². The highest BCUT2D eigenvalue weighted by atomic mass is 16.1. The molecule has 0 aliphatic carbocycles. The molecule has 0 unspecified atom stereocenters. The van der Waals surface area contributed by atoms with Crippen molar-refractivity contribution in [3.63, 3.8) is 0 Å². The van der Waals surface area contributed by atoms with E-state index in [1.54, 1.807) is 18.3 Å². The van der Waals surface area contributed by atoms with E-state index in [-0.39, 0.29) is 0 Å². The van der Waals surface area contributed by atoms with E-state index in [9.17, 15) is 4.79 Å². The van der Waals surface area contributed by atoms with E-state index in [2.05, 4.69) is 11.9 Å². The molecule has 0 fully saturated rings. The Morgan fingerprint density at radius 2 is 1.91 bits per heavy atom. The molecule has 0 aromatic heterocycles. The lowest BCUT2D eigenvalue weighted by Gasteiger charge is -1.98. The molecule has 56 valence electrons. The number of benzene rings is 1. The third-order valence-corrected chi connectivity index (χ3v) is 1.32. The minimum atomic E-state index is 0.680. The number of anilines is 1. The van der Waals surface area contributed by atoms with Gasteiger partial charge in [-0.05, 0) is 30.5 Å². The van der Waals surface area contributed by atoms with Gasteiger partial charge in [0.1, 0.15) is 6.29 Å². The zero-order chi connectivity index (χ0) is 8.10. The summed E-state index contributed by atoms with van der Waals surface area (Å²) in [5.74, 6) is 0. The summed E-state index contributed by atoms with van der Waals surface area (Å²) in [6.45, 7) is 3.52. The first kappa shape index (κ1) is 7.54. The number of hydrogen-bond donors (Lipinski definition) is 1. The number of nitrogens with one attached hydrogen (secondary N) is 1. The highest BCUT2D eigenvalue weighted by molar-refractivity contribution is 5.75. The van der Waals surface area contributed by atoms with Crippen molar-refractivity contribution in [2.24, 2.45) is 0 Å². The lowest BCUT2D eigenvalue weighted by molar-refractivity contribution is 0.112. The average Bonchev–Trinajstić information content (AvgIpc) is 2.07. The van der Waals surface area contributed by atoms with Crippen LogP contribution in [0.3, 0.4) is 0 Å². The Hall–Kier alpha value is -1.57. The first-order valence-corrected chi connectivity index (χ1v) is 3.29. The van der Waals surface area contributed by atoms with Gasteiger partial charge in [0.05, 0.1) is 0 Å². The molecule has 0 amide bonds. The quantitative estimate of drug-likeness (QED) is 0.663. The Morgan fingerprint density at radius 1 is 1.27 bits per heavy atom. The summed E-state index contributed by atoms with van der Waals surface area (Å²) in [7, 11) is 0. The molecule has 1 N–H and O–H groups in total. The SMILES string of the molecule is C=CNc1ccc(C=O)cc1. The van der Waals surface area contributed by atoms with Crippen LogP contribution in [-0.4, -0.2) is 6.29 Å². The van der Waals surface area contributed by atoms with E-state index in [0.29, 0.717) is 5.56 Å². The fourth-order valence-electron chi connectivity index (χ4n) is 0.776. The van der Waals surface area contributed by atoms with Gasteiger partial charge in [0, 0.05) is 11.3 Å². The van der Waals surface area contributed by atoms with Gasteiger partial charge in [0.25, 0.3) is 0 Å². The van der Waals surface area contributed by atoms with Gasteiger partial charge in [-0.15, -0.1) is 0 Å². The van der Waals surface area contributed by atoms with Crippen molar-refractivity contribution in [3.8, 4) is 0 Å². The zero-order valence-corrected chi connectivity index (χ0v) is 6.08. The second kappa shape index (κ2) is 3.56. The number of carbonyl (C=O) groups excluding carboxylic acids is 1. The normalized spacial score (nSPS) is 8.73. The molecule has 0 heterocycles. The highest BCUT2D eigenvalue weighted by Gasteiger charge is 1.88. The Bertz CT molecular complexity index is 251. The number of rotatable bonds is 3. The molecule has 11 heavy (non-hydrogen) atoms. The predicted molar refractivity (Wildman–Crippen MR) is 45.6 cm³/mol. The molecular weight excluding hydrogens is 138 g/mol. The van der Waals surface area contributed by atoms with Gasteiger partial charge in [0.15, 0.2) is 0 Å². The maximum atomic E-state index is 10.2. The van der Waals surface area contributed by atoms with Crippen molar-refractivity contribution < 1.29 is 4.79 Å². The molecule has 0 radical (unpaired) electrons. The summed E-state index contributed by atoms with van der Waals surface area (Å²) in [5, 5.41) is 2.91. The number of hydrogen-bond acceptors (Lipinski definition) is 2. The molecule has 0 aliphatic heterocycles. The Balaban J connectivity index is 2.81. The van der Waals surface area contributed by atoms with Gasteiger partial charge in [-0.2, -0.15) is 0 Å². The summed E-state index contributed by atoms with van der Waals surface area (Å²) in [4.78, 5) is 10.2. The topological polar surface area (TPSA) is 29.1 Å². The lowest BCUT2D eigenvalue weighted by atomic mass is 10.2. The highest BCUT2D eigenvalue weighted by Crippen LogP contribution is 2.07. The summed E-state index contributed by atoms with van der Waals surface area (Å²) in [6, 6.07) is 7.15. The van der Waals surface area contributed by atoms with Crippen LogP contribution in [0.4, 0.5) is 5.69 Å². The molecule has 0 saturated carbocycles. The summed E-state index contributed by atoms with van der Waals surface area (Å²) in [6.07, 6.45) is 2.41. The number of carbonyl (C=O) groups is 1. The van der Waals surface area contributed by atoms with E-state index >= 15 is 0 Å². The lowest BCUT2D eigenvalue weighted by Crippen LogP contribution is -1.86. The van der Waals surface area contributed by atoms with Crippen molar-refractivity contribution in [1.29, 1.82) is 0 Å². The molecule has 1 aromatic carbocycles. The first-order valence-electron chi connectivity index (χ1n) is 3.29. The van der Waals surface area contributed by atoms with Crippen LogP contribution in [0.5, 0.6) is 0 Å². The van der Waals surface area contributed by atoms with Gasteiger partial charge in [-0.1, -0.05) is 6.58 Å². The van der Waals surface area contributed by atoms with E-state index < -0.39 is 0 Å². The minimum Gasteiger partial charge on any atom is -0.362 e. The third kappa shape index (κ3) is 1.93. The molecule has 0 bridgehead atoms. The van der Waals surface area contributed by atoms with Crippen molar-refractivity contribution in [3.05, 3.63) is 42.6 Å². The van der Waals surface area contributed by atoms with Crippen LogP contribution in [0.15, 0.2) is 37.0 Å². The van der Waals surface area contributed by atoms with Crippen molar-refractivity contribution in [1.82, 2.24) is 0 Å². The van der Waals surface area contributed by atoms with Crippen LogP contribution in [0.25, 0.3) is 0 Å². The van der Waals surface area contributed by atoms with Gasteiger partial charge < -0.3 is 5.32 Å². The van der Waals surface area contributed by atoms with E-state index in [4.69, 9.17) is 0 Å². The maximum Gasteiger partial charge on any atom is 0.150 e. The minimum absolute atomic E-state index is 0.680. The van der Waals surface area contributed by atoms with Crippen LogP contribution in [0.2, 0.25) is 0 Å². The molecule has 2 nitrogen and oxygen atoms in total. The molecular formula is C9H9NO. The van der Waals surface area contributed by atoms with Crippen molar-refractivity contribution in [2.75, 3.05) is 5.32 Å². The van der Waals surface area contributed by atoms with Crippen molar-refractivity contribution in [2.45, 2.75) is 0 Å². The fourth-order valence-corrected chi connectivity index (χ4v) is 0.776. The van der Waals surface area contributed by atoms with E-state index in [1.165, 1.54) is 0 Å². The van der Waals surface area contributed by atoms with E-state index in [1.807, 2.05) is 12.1 Å². The molecule has 0 saturated heterocycles. The van der Waals surface area contributed by atoms with Gasteiger partial charge in [-0.3, -0.25) is 4.79 Å². The second-order valence-electron chi connectivity index (χ2n) is 2.09. The Labute approximate surface area is 65.5 Å². The molecule has 2 heteroatoms. The summed E-state index contributed by atoms with van der Waals surface area (Å²) < 4.78 is 0. The van der Waals surface area contributed by atoms with Crippen molar-refractivity contribution >= 4 is 12.0 Å². The van der Waals surface area contributed by atoms with Crippen LogP contribution in [-0.2, 0) is 0 Å². The van der Waals surface area contributed by atoms with Crippen LogP contribution in [0, 0.1) is 0 Å². The fraction of sp³-hybridized carbons (Fsp3) is 0. The Kier molecular flexibility index (Phi) is 2.44. The maximum absolute atomic E-state index is 10.2. The molecule has 1 aromatic rings. The summed E-state index contributed by atoms with van der Waals surface area (Å²) in [5.41, 5.74) is 1.62. The average molecular weight is 147 g/mol. The van der Waals surface area contributed by atoms with Gasteiger partial charge in [0.2, 0.25) is 0 Å². The van der Waals surface area contributed by atoms with Crippen LogP contribution >= 0.6 is 0 Å². The third-order valence-electron chi connectivity index (χ3n) is 1.32. The monoisotopic (exact) mass is 147 g/mol. The summed E-state index contributed by atoms with van der Waals surface area (Å²) >= 11 is 0. The van der Waals surface area contributed by atoms with Crippen LogP contribution in [0.1, 0.15) is 10.4 Å². The first-order chi connectivity index (χ1) is 5.36. The number of aldehydes is 1. The molecule has 1 rings (SSSR count). The van der Waals surface area contributed by atoms with E-state index in [0.717, 1.165) is 12.0 Å². The molecule has 0 aliphatic rings. The zero-order valence-electron chi connectivity index (χ0n) is 6.08. The standard InChI is InChI=1S/C9H9NO/c1-2-10-9-5-3-8(7-11)4-6-9/h2-7,10H,1H2. The molecule has 0 spiro atoms. The van der Waals surface area contributed by atoms with Gasteiger partial charge in [-0.25, -0.2) is 0 Å². The van der Waals surface area contributed by atoms with Crippen LogP contribution < -0.4 is 5.32 Å². The smallest absolute Gasteiger partial charge is 0.150 e. The largest absolute Gasteiger partial charge is 0.362 e. The molecule has 0 atom stereocenters. The second-order valence-corrected chi connectivity index (χ2v) is 2.09. The Morgan fingerprint density at radius 3 is 2.36 bits per heavy atom. The predicted octanol–water partition coefficient (Wildman–Crippen LogP) is 2.05.